The number of hydrogen-bond acceptors (Lipinski definition) is 4. The van der Waals surface area contributed by atoms with Crippen LogP contribution in [0, 0.1) is 12.7 Å². The molecule has 1 aromatic carbocycles. The second-order valence-corrected chi connectivity index (χ2v) is 5.58. The van der Waals surface area contributed by atoms with E-state index in [0.717, 1.165) is 10.7 Å². The molecule has 0 fully saturated rings. The van der Waals surface area contributed by atoms with Crippen LogP contribution in [0.3, 0.4) is 0 Å². The number of aromatic nitrogens is 1. The smallest absolute Gasteiger partial charge is 0.135 e. The summed E-state index contributed by atoms with van der Waals surface area (Å²) in [6.07, 6.45) is 0. The van der Waals surface area contributed by atoms with Gasteiger partial charge in [0.05, 0.1) is 6.04 Å². The van der Waals surface area contributed by atoms with Crippen LogP contribution < -0.4 is 11.1 Å². The minimum absolute atomic E-state index is 0.0220. The predicted octanol–water partition coefficient (Wildman–Crippen LogP) is 3.40. The summed E-state index contributed by atoms with van der Waals surface area (Å²) in [6.45, 7) is 3.93. The number of nitrogens with one attached hydrogen (secondary N) is 1. The van der Waals surface area contributed by atoms with Crippen molar-refractivity contribution in [3.05, 3.63) is 45.7 Å². The van der Waals surface area contributed by atoms with Gasteiger partial charge in [-0.1, -0.05) is 12.2 Å². The number of benzene rings is 1. The number of anilines is 1. The number of nitrogens with two attached hydrogens (primary N) is 1. The van der Waals surface area contributed by atoms with Crippen LogP contribution in [0.15, 0.2) is 23.6 Å². The Morgan fingerprint density at radius 1 is 1.53 bits per heavy atom. The molecule has 2 aromatic rings. The van der Waals surface area contributed by atoms with E-state index in [4.69, 9.17) is 18.0 Å². The van der Waals surface area contributed by atoms with E-state index in [-0.39, 0.29) is 16.6 Å². The zero-order valence-electron chi connectivity index (χ0n) is 10.6. The molecular formula is C13H14FN3S2. The highest BCUT2D eigenvalue weighted by Gasteiger charge is 2.11. The van der Waals surface area contributed by atoms with Gasteiger partial charge in [-0.3, -0.25) is 0 Å². The summed E-state index contributed by atoms with van der Waals surface area (Å²) in [7, 11) is 0. The third kappa shape index (κ3) is 3.27. The number of rotatable bonds is 4. The van der Waals surface area contributed by atoms with Crippen LogP contribution in [0.5, 0.6) is 0 Å². The minimum atomic E-state index is -0.417. The van der Waals surface area contributed by atoms with Gasteiger partial charge in [0.25, 0.3) is 0 Å². The predicted molar refractivity (Wildman–Crippen MR) is 81.2 cm³/mol. The van der Waals surface area contributed by atoms with E-state index < -0.39 is 5.82 Å². The Bertz CT molecular complexity index is 610. The number of thiocarbonyl (C=S) groups is 1. The molecule has 0 saturated carbocycles. The average molecular weight is 295 g/mol. The molecule has 0 radical (unpaired) electrons. The Morgan fingerprint density at radius 2 is 2.26 bits per heavy atom. The number of nitrogens with zero attached hydrogens (tertiary/aromatic N) is 1. The molecule has 1 aromatic heterocycles. The van der Waals surface area contributed by atoms with Crippen molar-refractivity contribution < 1.29 is 4.39 Å². The summed E-state index contributed by atoms with van der Waals surface area (Å²) in [5, 5.41) is 6.16. The van der Waals surface area contributed by atoms with Crippen molar-refractivity contribution in [1.29, 1.82) is 0 Å². The quantitative estimate of drug-likeness (QED) is 0.849. The second kappa shape index (κ2) is 5.63. The third-order valence-corrected chi connectivity index (χ3v) is 3.99. The first-order valence-corrected chi connectivity index (χ1v) is 7.04. The standard InChI is InChI=1S/C13H14FN3S2/c1-7-6-19-13(16-7)8(2)17-9-3-4-10(12(15)18)11(14)5-9/h3-6,8,17H,1-2H3,(H2,15,18). The summed E-state index contributed by atoms with van der Waals surface area (Å²) in [5.74, 6) is -0.417. The van der Waals surface area contributed by atoms with E-state index in [9.17, 15) is 4.39 Å². The largest absolute Gasteiger partial charge is 0.389 e. The summed E-state index contributed by atoms with van der Waals surface area (Å²) < 4.78 is 13.7. The normalized spacial score (nSPS) is 12.2. The molecule has 1 unspecified atom stereocenters. The van der Waals surface area contributed by atoms with Crippen LogP contribution in [0.1, 0.15) is 29.2 Å². The van der Waals surface area contributed by atoms with Gasteiger partial charge in [0.15, 0.2) is 0 Å². The third-order valence-electron chi connectivity index (χ3n) is 2.62. The van der Waals surface area contributed by atoms with E-state index in [1.165, 1.54) is 6.07 Å². The number of aryl methyl sites for hydroxylation is 1. The van der Waals surface area contributed by atoms with Crippen LogP contribution in [-0.4, -0.2) is 9.97 Å². The van der Waals surface area contributed by atoms with Gasteiger partial charge in [0.2, 0.25) is 0 Å². The number of halogens is 1. The molecule has 0 aliphatic rings. The zero-order chi connectivity index (χ0) is 14.0. The molecule has 0 bridgehead atoms. The first kappa shape index (κ1) is 13.9. The van der Waals surface area contributed by atoms with E-state index in [1.54, 1.807) is 23.5 Å². The van der Waals surface area contributed by atoms with Crippen molar-refractivity contribution in [3.63, 3.8) is 0 Å². The molecule has 0 aliphatic heterocycles. The van der Waals surface area contributed by atoms with Crippen molar-refractivity contribution in [2.45, 2.75) is 19.9 Å². The summed E-state index contributed by atoms with van der Waals surface area (Å²) in [6, 6.07) is 4.76. The lowest BCUT2D eigenvalue weighted by Crippen LogP contribution is -2.12. The molecule has 6 heteroatoms. The molecule has 3 nitrogen and oxygen atoms in total. The molecule has 0 amide bonds. The molecule has 1 atom stereocenters. The lowest BCUT2D eigenvalue weighted by Gasteiger charge is -2.13. The van der Waals surface area contributed by atoms with Gasteiger partial charge >= 0.3 is 0 Å². The molecular weight excluding hydrogens is 281 g/mol. The first-order chi connectivity index (χ1) is 8.97. The van der Waals surface area contributed by atoms with Gasteiger partial charge < -0.3 is 11.1 Å². The minimum Gasteiger partial charge on any atom is -0.389 e. The van der Waals surface area contributed by atoms with E-state index in [1.807, 2.05) is 19.2 Å². The Kier molecular flexibility index (Phi) is 4.11. The Morgan fingerprint density at radius 3 is 2.79 bits per heavy atom. The maximum absolute atomic E-state index is 13.7. The first-order valence-electron chi connectivity index (χ1n) is 5.75. The van der Waals surface area contributed by atoms with Crippen molar-refractivity contribution in [3.8, 4) is 0 Å². The van der Waals surface area contributed by atoms with E-state index in [0.29, 0.717) is 5.69 Å². The van der Waals surface area contributed by atoms with Crippen LogP contribution in [0.4, 0.5) is 10.1 Å². The molecule has 1 heterocycles. The summed E-state index contributed by atoms with van der Waals surface area (Å²) in [5.41, 5.74) is 7.35. The second-order valence-electron chi connectivity index (χ2n) is 4.25. The zero-order valence-corrected chi connectivity index (χ0v) is 12.2. The average Bonchev–Trinajstić information content (AvgIpc) is 2.75. The fourth-order valence-corrected chi connectivity index (χ4v) is 2.66. The Hall–Kier alpha value is -1.53. The van der Waals surface area contributed by atoms with Gasteiger partial charge in [-0.25, -0.2) is 9.37 Å². The van der Waals surface area contributed by atoms with Gasteiger partial charge in [-0.2, -0.15) is 0 Å². The van der Waals surface area contributed by atoms with Crippen molar-refractivity contribution >= 4 is 34.2 Å². The van der Waals surface area contributed by atoms with Gasteiger partial charge in [-0.15, -0.1) is 11.3 Å². The van der Waals surface area contributed by atoms with E-state index >= 15 is 0 Å². The number of thiazole rings is 1. The molecule has 0 saturated heterocycles. The van der Waals surface area contributed by atoms with Crippen molar-refractivity contribution in [1.82, 2.24) is 4.98 Å². The highest BCUT2D eigenvalue weighted by molar-refractivity contribution is 7.80. The van der Waals surface area contributed by atoms with Crippen LogP contribution in [0.25, 0.3) is 0 Å². The molecule has 19 heavy (non-hydrogen) atoms. The fourth-order valence-electron chi connectivity index (χ4n) is 1.69. The van der Waals surface area contributed by atoms with E-state index in [2.05, 4.69) is 10.3 Å². The summed E-state index contributed by atoms with van der Waals surface area (Å²) in [4.78, 5) is 4.46. The fraction of sp³-hybridized carbons (Fsp3) is 0.231. The monoisotopic (exact) mass is 295 g/mol. The van der Waals surface area contributed by atoms with Crippen molar-refractivity contribution in [2.75, 3.05) is 5.32 Å². The number of hydrogen-bond donors (Lipinski definition) is 2. The highest BCUT2D eigenvalue weighted by Crippen LogP contribution is 2.23. The van der Waals surface area contributed by atoms with Crippen molar-refractivity contribution in [2.24, 2.45) is 5.73 Å². The summed E-state index contributed by atoms with van der Waals surface area (Å²) >= 11 is 6.35. The Balaban J connectivity index is 2.15. The van der Waals surface area contributed by atoms with Crippen LogP contribution >= 0.6 is 23.6 Å². The molecule has 2 rings (SSSR count). The van der Waals surface area contributed by atoms with Crippen LogP contribution in [-0.2, 0) is 0 Å². The topological polar surface area (TPSA) is 50.9 Å². The molecule has 0 aliphatic carbocycles. The SMILES string of the molecule is Cc1csc(C(C)Nc2ccc(C(N)=S)c(F)c2)n1. The maximum atomic E-state index is 13.7. The van der Waals surface area contributed by atoms with Gasteiger partial charge in [0, 0.05) is 22.3 Å². The van der Waals surface area contributed by atoms with Crippen LogP contribution in [0.2, 0.25) is 0 Å². The van der Waals surface area contributed by atoms with Gasteiger partial charge in [-0.05, 0) is 32.0 Å². The Labute approximate surface area is 120 Å². The molecule has 100 valence electrons. The lowest BCUT2D eigenvalue weighted by molar-refractivity contribution is 0.625. The maximum Gasteiger partial charge on any atom is 0.135 e. The molecule has 3 N–H and O–H groups in total. The molecule has 0 spiro atoms. The van der Waals surface area contributed by atoms with Gasteiger partial charge in [0.1, 0.15) is 15.8 Å². The highest BCUT2D eigenvalue weighted by atomic mass is 32.1. The lowest BCUT2D eigenvalue weighted by atomic mass is 10.2.